The molecule has 1 fully saturated rings. The van der Waals surface area contributed by atoms with Crippen LogP contribution in [0, 0.1) is 11.8 Å². The smallest absolute Gasteiger partial charge is 0.237 e. The molecule has 4 atom stereocenters. The van der Waals surface area contributed by atoms with Crippen LogP contribution in [0.25, 0.3) is 0 Å². The Bertz CT molecular complexity index is 726. The van der Waals surface area contributed by atoms with Crippen molar-refractivity contribution in [2.24, 2.45) is 11.8 Å². The van der Waals surface area contributed by atoms with Crippen molar-refractivity contribution in [1.82, 2.24) is 10.2 Å². The quantitative estimate of drug-likeness (QED) is 0.506. The first-order valence-corrected chi connectivity index (χ1v) is 11.9. The van der Waals surface area contributed by atoms with Crippen LogP contribution < -0.4 is 5.32 Å². The summed E-state index contributed by atoms with van der Waals surface area (Å²) < 4.78 is 0. The average molecular weight is 425 g/mol. The zero-order valence-electron chi connectivity index (χ0n) is 18.3. The van der Waals surface area contributed by atoms with Crippen molar-refractivity contribution >= 4 is 18.5 Å². The number of carbonyl (C=O) groups excluding carboxylic acids is 1. The summed E-state index contributed by atoms with van der Waals surface area (Å²) in [6.45, 7) is 6.68. The summed E-state index contributed by atoms with van der Waals surface area (Å²) in [4.78, 5) is 15.8. The molecule has 0 aromatic heterocycles. The van der Waals surface area contributed by atoms with Crippen LogP contribution in [0.1, 0.15) is 50.7 Å². The lowest BCUT2D eigenvalue weighted by molar-refractivity contribution is -0.129. The minimum atomic E-state index is -0.149. The number of hydrogen-bond acceptors (Lipinski definition) is 3. The molecule has 0 spiro atoms. The van der Waals surface area contributed by atoms with E-state index in [0.29, 0.717) is 11.2 Å². The molecule has 0 saturated heterocycles. The maximum atomic E-state index is 13.4. The van der Waals surface area contributed by atoms with Crippen LogP contribution in [0.5, 0.6) is 0 Å². The summed E-state index contributed by atoms with van der Waals surface area (Å²) in [6, 6.07) is 20.8. The third-order valence-electron chi connectivity index (χ3n) is 6.38. The number of carbonyl (C=O) groups is 1. The number of thiol groups is 1. The van der Waals surface area contributed by atoms with E-state index in [1.807, 2.05) is 12.1 Å². The SMILES string of the molecule is CC[C@H](C)[C@@H](C(=O)NCC1CCC(S)C1)N(Cc1ccccc1)Cc1ccccc1. The molecule has 0 heterocycles. The Balaban J connectivity index is 1.77. The van der Waals surface area contributed by atoms with Crippen molar-refractivity contribution in [2.45, 2.75) is 63.9 Å². The standard InChI is InChI=1S/C26H36N2OS/c1-3-20(2)25(26(29)27-17-23-14-15-24(30)16-23)28(18-21-10-6-4-7-11-21)19-22-12-8-5-9-13-22/h4-13,20,23-25,30H,3,14-19H2,1-2H3,(H,27,29)/t20-,23?,24?,25-/m0/s1. The third kappa shape index (κ3) is 6.61. The summed E-state index contributed by atoms with van der Waals surface area (Å²) >= 11 is 4.61. The molecule has 2 aromatic carbocycles. The lowest BCUT2D eigenvalue weighted by Gasteiger charge is -2.35. The van der Waals surface area contributed by atoms with Crippen molar-refractivity contribution in [3.05, 3.63) is 71.8 Å². The monoisotopic (exact) mass is 424 g/mol. The Kier molecular flexibility index (Phi) is 8.83. The number of nitrogens with one attached hydrogen (secondary N) is 1. The Hall–Kier alpha value is -1.78. The van der Waals surface area contributed by atoms with E-state index >= 15 is 0 Å². The molecule has 162 valence electrons. The van der Waals surface area contributed by atoms with E-state index < -0.39 is 0 Å². The van der Waals surface area contributed by atoms with Crippen LogP contribution in [-0.4, -0.2) is 28.6 Å². The number of rotatable bonds is 10. The molecule has 1 saturated carbocycles. The Morgan fingerprint density at radius 3 is 2.07 bits per heavy atom. The van der Waals surface area contributed by atoms with Gasteiger partial charge in [0.1, 0.15) is 0 Å². The van der Waals surface area contributed by atoms with E-state index in [4.69, 9.17) is 0 Å². The van der Waals surface area contributed by atoms with Crippen LogP contribution in [0.4, 0.5) is 0 Å². The summed E-state index contributed by atoms with van der Waals surface area (Å²) in [5.41, 5.74) is 2.48. The highest BCUT2D eigenvalue weighted by Crippen LogP contribution is 2.29. The van der Waals surface area contributed by atoms with Gasteiger partial charge in [0.2, 0.25) is 5.91 Å². The van der Waals surface area contributed by atoms with Gasteiger partial charge in [0, 0.05) is 24.9 Å². The molecule has 1 aliphatic rings. The number of amides is 1. The lowest BCUT2D eigenvalue weighted by atomic mass is 9.95. The Morgan fingerprint density at radius 2 is 1.60 bits per heavy atom. The van der Waals surface area contributed by atoms with Crippen molar-refractivity contribution < 1.29 is 4.79 Å². The molecular formula is C26H36N2OS. The molecule has 0 radical (unpaired) electrons. The summed E-state index contributed by atoms with van der Waals surface area (Å²) in [7, 11) is 0. The molecule has 2 unspecified atom stereocenters. The Labute approximate surface area is 187 Å². The van der Waals surface area contributed by atoms with Gasteiger partial charge in [0.05, 0.1) is 6.04 Å². The fourth-order valence-corrected chi connectivity index (χ4v) is 4.93. The molecule has 1 aliphatic carbocycles. The molecule has 2 aromatic rings. The van der Waals surface area contributed by atoms with Gasteiger partial charge in [-0.15, -0.1) is 0 Å². The van der Waals surface area contributed by atoms with E-state index in [1.54, 1.807) is 0 Å². The van der Waals surface area contributed by atoms with Gasteiger partial charge in [-0.3, -0.25) is 9.69 Å². The van der Waals surface area contributed by atoms with E-state index in [-0.39, 0.29) is 17.9 Å². The fourth-order valence-electron chi connectivity index (χ4n) is 4.48. The summed E-state index contributed by atoms with van der Waals surface area (Å²) in [6.07, 6.45) is 4.40. The predicted octanol–water partition coefficient (Wildman–Crippen LogP) is 5.32. The first-order chi connectivity index (χ1) is 14.6. The third-order valence-corrected chi connectivity index (χ3v) is 6.85. The molecule has 0 aliphatic heterocycles. The van der Waals surface area contributed by atoms with Crippen LogP contribution in [0.3, 0.4) is 0 Å². The van der Waals surface area contributed by atoms with Crippen LogP contribution >= 0.6 is 12.6 Å². The van der Waals surface area contributed by atoms with Gasteiger partial charge >= 0.3 is 0 Å². The van der Waals surface area contributed by atoms with Gasteiger partial charge in [0.25, 0.3) is 0 Å². The maximum absolute atomic E-state index is 13.4. The molecule has 1 amide bonds. The van der Waals surface area contributed by atoms with Crippen LogP contribution in [0.15, 0.2) is 60.7 Å². The summed E-state index contributed by atoms with van der Waals surface area (Å²) in [5.74, 6) is 1.00. The van der Waals surface area contributed by atoms with Gasteiger partial charge in [-0.1, -0.05) is 80.9 Å². The summed E-state index contributed by atoms with van der Waals surface area (Å²) in [5, 5.41) is 3.79. The molecule has 30 heavy (non-hydrogen) atoms. The Morgan fingerprint density at radius 1 is 1.03 bits per heavy atom. The number of benzene rings is 2. The number of hydrogen-bond donors (Lipinski definition) is 2. The second-order valence-corrected chi connectivity index (χ2v) is 9.51. The zero-order chi connectivity index (χ0) is 21.3. The van der Waals surface area contributed by atoms with E-state index in [1.165, 1.54) is 17.5 Å². The first-order valence-electron chi connectivity index (χ1n) is 11.3. The normalized spacial score (nSPS) is 20.8. The first kappa shape index (κ1) is 22.9. The van der Waals surface area contributed by atoms with Gasteiger partial charge in [0.15, 0.2) is 0 Å². The lowest BCUT2D eigenvalue weighted by Crippen LogP contribution is -2.50. The van der Waals surface area contributed by atoms with Crippen LogP contribution in [0.2, 0.25) is 0 Å². The molecule has 3 nitrogen and oxygen atoms in total. The topological polar surface area (TPSA) is 32.3 Å². The van der Waals surface area contributed by atoms with Crippen molar-refractivity contribution in [3.63, 3.8) is 0 Å². The molecule has 4 heteroatoms. The second kappa shape index (κ2) is 11.6. The highest BCUT2D eigenvalue weighted by Gasteiger charge is 2.31. The van der Waals surface area contributed by atoms with E-state index in [9.17, 15) is 4.79 Å². The minimum absolute atomic E-state index is 0.149. The second-order valence-electron chi connectivity index (χ2n) is 8.78. The van der Waals surface area contributed by atoms with Gasteiger partial charge < -0.3 is 5.32 Å². The predicted molar refractivity (Wildman–Crippen MR) is 128 cm³/mol. The molecule has 1 N–H and O–H groups in total. The molecule has 3 rings (SSSR count). The van der Waals surface area contributed by atoms with Crippen molar-refractivity contribution in [1.29, 1.82) is 0 Å². The molecular weight excluding hydrogens is 388 g/mol. The van der Waals surface area contributed by atoms with E-state index in [2.05, 4.69) is 85.2 Å². The highest BCUT2D eigenvalue weighted by molar-refractivity contribution is 7.80. The fraction of sp³-hybridized carbons (Fsp3) is 0.500. The van der Waals surface area contributed by atoms with Crippen molar-refractivity contribution in [3.8, 4) is 0 Å². The van der Waals surface area contributed by atoms with Crippen LogP contribution in [-0.2, 0) is 17.9 Å². The van der Waals surface area contributed by atoms with E-state index in [0.717, 1.165) is 38.9 Å². The van der Waals surface area contributed by atoms with Gasteiger partial charge in [-0.25, -0.2) is 0 Å². The average Bonchev–Trinajstić information content (AvgIpc) is 3.19. The maximum Gasteiger partial charge on any atom is 0.237 e. The molecule has 0 bridgehead atoms. The minimum Gasteiger partial charge on any atom is -0.354 e. The number of nitrogens with zero attached hydrogens (tertiary/aromatic N) is 1. The van der Waals surface area contributed by atoms with Gasteiger partial charge in [-0.2, -0.15) is 12.6 Å². The zero-order valence-corrected chi connectivity index (χ0v) is 19.2. The van der Waals surface area contributed by atoms with Gasteiger partial charge in [-0.05, 0) is 42.2 Å². The largest absolute Gasteiger partial charge is 0.354 e. The van der Waals surface area contributed by atoms with Crippen molar-refractivity contribution in [2.75, 3.05) is 6.54 Å². The highest BCUT2D eigenvalue weighted by atomic mass is 32.1.